The van der Waals surface area contributed by atoms with Crippen LogP contribution in [0.5, 0.6) is 0 Å². The van der Waals surface area contributed by atoms with Crippen molar-refractivity contribution in [3.63, 3.8) is 0 Å². The van der Waals surface area contributed by atoms with Crippen LogP contribution in [0.4, 0.5) is 4.79 Å². The smallest absolute Gasteiger partial charge is 0.409 e. The summed E-state index contributed by atoms with van der Waals surface area (Å²) in [5.74, 6) is 0.744. The lowest BCUT2D eigenvalue weighted by molar-refractivity contribution is 0.115. The van der Waals surface area contributed by atoms with Crippen molar-refractivity contribution in [2.45, 2.75) is 25.8 Å². The zero-order valence-electron chi connectivity index (χ0n) is 12.7. The third-order valence-electron chi connectivity index (χ3n) is 3.82. The number of nitrogens with zero attached hydrogens (tertiary/aromatic N) is 2. The molecule has 118 valence electrons. The molecule has 6 heteroatoms. The molecule has 1 fully saturated rings. The summed E-state index contributed by atoms with van der Waals surface area (Å²) in [5.41, 5.74) is 1.72. The highest BCUT2D eigenvalue weighted by Gasteiger charge is 2.26. The van der Waals surface area contributed by atoms with Crippen LogP contribution in [0, 0.1) is 0 Å². The SMILES string of the molecule is CCOC(=O)N1CC[C@H](NCCc2nc3ccccc3o2)C1. The predicted octanol–water partition coefficient (Wildman–Crippen LogP) is 2.19. The average molecular weight is 303 g/mol. The van der Waals surface area contributed by atoms with E-state index in [-0.39, 0.29) is 6.09 Å². The molecule has 0 saturated carbocycles. The van der Waals surface area contributed by atoms with Crippen molar-refractivity contribution in [3.8, 4) is 0 Å². The van der Waals surface area contributed by atoms with E-state index in [1.165, 1.54) is 0 Å². The summed E-state index contributed by atoms with van der Waals surface area (Å²) in [6.07, 6.45) is 1.47. The van der Waals surface area contributed by atoms with Gasteiger partial charge in [0.2, 0.25) is 0 Å². The van der Waals surface area contributed by atoms with Gasteiger partial charge in [-0.1, -0.05) is 12.1 Å². The highest BCUT2D eigenvalue weighted by atomic mass is 16.6. The number of ether oxygens (including phenoxy) is 1. The van der Waals surface area contributed by atoms with Gasteiger partial charge in [-0.15, -0.1) is 0 Å². The minimum atomic E-state index is -0.217. The maximum Gasteiger partial charge on any atom is 0.409 e. The number of rotatable bonds is 5. The van der Waals surface area contributed by atoms with Gasteiger partial charge in [-0.05, 0) is 25.5 Å². The largest absolute Gasteiger partial charge is 0.450 e. The monoisotopic (exact) mass is 303 g/mol. The summed E-state index contributed by atoms with van der Waals surface area (Å²) in [6, 6.07) is 8.08. The van der Waals surface area contributed by atoms with Crippen LogP contribution in [0.25, 0.3) is 11.1 Å². The molecule has 22 heavy (non-hydrogen) atoms. The number of hydrogen-bond donors (Lipinski definition) is 1. The Hall–Kier alpha value is -2.08. The first-order chi connectivity index (χ1) is 10.8. The van der Waals surface area contributed by atoms with E-state index >= 15 is 0 Å². The second-order valence-electron chi connectivity index (χ2n) is 5.41. The first-order valence-electron chi connectivity index (χ1n) is 7.76. The molecular weight excluding hydrogens is 282 g/mol. The summed E-state index contributed by atoms with van der Waals surface area (Å²) in [6.45, 7) is 4.48. The summed E-state index contributed by atoms with van der Waals surface area (Å²) in [5, 5.41) is 3.45. The van der Waals surface area contributed by atoms with Gasteiger partial charge in [-0.2, -0.15) is 0 Å². The highest BCUT2D eigenvalue weighted by Crippen LogP contribution is 2.15. The molecule has 3 rings (SSSR count). The number of fused-ring (bicyclic) bond motifs is 1. The fraction of sp³-hybridized carbons (Fsp3) is 0.500. The maximum absolute atomic E-state index is 11.6. The fourth-order valence-electron chi connectivity index (χ4n) is 2.72. The molecule has 0 bridgehead atoms. The zero-order chi connectivity index (χ0) is 15.4. The van der Waals surface area contributed by atoms with Gasteiger partial charge in [0.15, 0.2) is 11.5 Å². The predicted molar refractivity (Wildman–Crippen MR) is 82.7 cm³/mol. The van der Waals surface area contributed by atoms with Crippen LogP contribution in [0.15, 0.2) is 28.7 Å². The van der Waals surface area contributed by atoms with Crippen LogP contribution in [0.3, 0.4) is 0 Å². The van der Waals surface area contributed by atoms with E-state index in [2.05, 4.69) is 10.3 Å². The Morgan fingerprint density at radius 1 is 1.50 bits per heavy atom. The summed E-state index contributed by atoms with van der Waals surface area (Å²) in [7, 11) is 0. The molecule has 1 N–H and O–H groups in total. The van der Waals surface area contributed by atoms with Crippen LogP contribution in [0.1, 0.15) is 19.2 Å². The Bertz CT molecular complexity index is 607. The Labute approximate surface area is 129 Å². The molecule has 6 nitrogen and oxygen atoms in total. The number of oxazole rings is 1. The quantitative estimate of drug-likeness (QED) is 0.917. The number of aromatic nitrogens is 1. The molecule has 0 unspecified atom stereocenters. The lowest BCUT2D eigenvalue weighted by Crippen LogP contribution is -2.36. The second kappa shape index (κ2) is 6.79. The molecule has 2 aromatic rings. The Balaban J connectivity index is 1.44. The van der Waals surface area contributed by atoms with E-state index in [9.17, 15) is 4.79 Å². The van der Waals surface area contributed by atoms with Crippen molar-refractivity contribution in [1.29, 1.82) is 0 Å². The maximum atomic E-state index is 11.6. The molecule has 1 aromatic carbocycles. The minimum Gasteiger partial charge on any atom is -0.450 e. The first-order valence-corrected chi connectivity index (χ1v) is 7.76. The molecule has 1 amide bonds. The number of nitrogens with one attached hydrogen (secondary N) is 1. The van der Waals surface area contributed by atoms with Gasteiger partial charge in [0.05, 0.1) is 6.61 Å². The van der Waals surface area contributed by atoms with Gasteiger partial charge in [0.25, 0.3) is 0 Å². The van der Waals surface area contributed by atoms with E-state index < -0.39 is 0 Å². The molecule has 1 saturated heterocycles. The van der Waals surface area contributed by atoms with Crippen molar-refractivity contribution in [2.75, 3.05) is 26.2 Å². The number of carbonyl (C=O) groups excluding carboxylic acids is 1. The van der Waals surface area contributed by atoms with Gasteiger partial charge < -0.3 is 19.4 Å². The van der Waals surface area contributed by atoms with Crippen molar-refractivity contribution in [1.82, 2.24) is 15.2 Å². The van der Waals surface area contributed by atoms with Gasteiger partial charge in [0, 0.05) is 32.1 Å². The first kappa shape index (κ1) is 14.8. The average Bonchev–Trinajstić information content (AvgIpc) is 3.13. The van der Waals surface area contributed by atoms with E-state index in [4.69, 9.17) is 9.15 Å². The summed E-state index contributed by atoms with van der Waals surface area (Å²) < 4.78 is 10.7. The molecule has 1 aliphatic heterocycles. The normalized spacial score (nSPS) is 18.0. The number of benzene rings is 1. The molecule has 1 aromatic heterocycles. The summed E-state index contributed by atoms with van der Waals surface area (Å²) >= 11 is 0. The van der Waals surface area contributed by atoms with E-state index in [1.807, 2.05) is 31.2 Å². The number of hydrogen-bond acceptors (Lipinski definition) is 5. The van der Waals surface area contributed by atoms with E-state index in [0.29, 0.717) is 19.2 Å². The fourth-order valence-corrected chi connectivity index (χ4v) is 2.72. The zero-order valence-corrected chi connectivity index (χ0v) is 12.7. The lowest BCUT2D eigenvalue weighted by atomic mass is 10.2. The highest BCUT2D eigenvalue weighted by molar-refractivity contribution is 5.72. The van der Waals surface area contributed by atoms with Gasteiger partial charge >= 0.3 is 6.09 Å². The number of carbonyl (C=O) groups is 1. The molecule has 0 spiro atoms. The number of para-hydroxylation sites is 2. The molecular formula is C16H21N3O3. The number of likely N-dealkylation sites (tertiary alicyclic amines) is 1. The number of amides is 1. The van der Waals surface area contributed by atoms with Crippen LogP contribution < -0.4 is 5.32 Å². The summed E-state index contributed by atoms with van der Waals surface area (Å²) in [4.78, 5) is 17.8. The van der Waals surface area contributed by atoms with Crippen molar-refractivity contribution in [3.05, 3.63) is 30.2 Å². The standard InChI is InChI=1S/C16H21N3O3/c1-2-21-16(20)19-10-8-12(11-19)17-9-7-15-18-13-5-3-4-6-14(13)22-15/h3-6,12,17H,2,7-11H2,1H3/t12-/m0/s1. The molecule has 2 heterocycles. The van der Waals surface area contributed by atoms with E-state index in [0.717, 1.165) is 42.9 Å². The molecule has 0 radical (unpaired) electrons. The van der Waals surface area contributed by atoms with Crippen LogP contribution in [-0.2, 0) is 11.2 Å². The van der Waals surface area contributed by atoms with Crippen LogP contribution in [-0.4, -0.2) is 48.3 Å². The Morgan fingerprint density at radius 2 is 2.36 bits per heavy atom. The van der Waals surface area contributed by atoms with Crippen molar-refractivity contribution >= 4 is 17.2 Å². The van der Waals surface area contributed by atoms with Crippen LogP contribution in [0.2, 0.25) is 0 Å². The third-order valence-corrected chi connectivity index (χ3v) is 3.82. The van der Waals surface area contributed by atoms with Gasteiger partial charge in [-0.3, -0.25) is 0 Å². The molecule has 0 aliphatic carbocycles. The third kappa shape index (κ3) is 3.39. The topological polar surface area (TPSA) is 67.6 Å². The van der Waals surface area contributed by atoms with Crippen molar-refractivity contribution < 1.29 is 13.9 Å². The molecule has 1 atom stereocenters. The van der Waals surface area contributed by atoms with Gasteiger partial charge in [-0.25, -0.2) is 9.78 Å². The Morgan fingerprint density at radius 3 is 3.18 bits per heavy atom. The lowest BCUT2D eigenvalue weighted by Gasteiger charge is -2.16. The minimum absolute atomic E-state index is 0.217. The molecule has 1 aliphatic rings. The second-order valence-corrected chi connectivity index (χ2v) is 5.41. The van der Waals surface area contributed by atoms with Crippen LogP contribution >= 0.6 is 0 Å². The Kier molecular flexibility index (Phi) is 4.58. The van der Waals surface area contributed by atoms with E-state index in [1.54, 1.807) is 4.90 Å². The van der Waals surface area contributed by atoms with Gasteiger partial charge in [0.1, 0.15) is 5.52 Å². The van der Waals surface area contributed by atoms with Crippen molar-refractivity contribution in [2.24, 2.45) is 0 Å².